The lowest BCUT2D eigenvalue weighted by molar-refractivity contribution is -0.140. The van der Waals surface area contributed by atoms with Crippen molar-refractivity contribution in [3.8, 4) is 11.1 Å². The normalized spacial score (nSPS) is 15.8. The van der Waals surface area contributed by atoms with Gasteiger partial charge in [-0.1, -0.05) is 13.0 Å². The molecule has 3 aromatic heterocycles. The third kappa shape index (κ3) is 4.94. The van der Waals surface area contributed by atoms with Crippen molar-refractivity contribution in [1.82, 2.24) is 24.3 Å². The molecule has 188 valence electrons. The summed E-state index contributed by atoms with van der Waals surface area (Å²) in [6, 6.07) is 8.30. The highest BCUT2D eigenvalue weighted by molar-refractivity contribution is 5.72. The number of halogens is 3. The van der Waals surface area contributed by atoms with Gasteiger partial charge in [-0.3, -0.25) is 9.67 Å². The molecule has 0 radical (unpaired) electrons. The molecule has 8 heteroatoms. The van der Waals surface area contributed by atoms with Crippen molar-refractivity contribution in [3.05, 3.63) is 88.5 Å². The summed E-state index contributed by atoms with van der Waals surface area (Å²) in [6.45, 7) is 4.61. The maximum Gasteiger partial charge on any atom is 0.435 e. The van der Waals surface area contributed by atoms with E-state index in [2.05, 4.69) is 34.1 Å². The average molecular weight is 494 g/mol. The van der Waals surface area contributed by atoms with Crippen molar-refractivity contribution >= 4 is 0 Å². The molecule has 0 amide bonds. The third-order valence-corrected chi connectivity index (χ3v) is 7.16. The summed E-state index contributed by atoms with van der Waals surface area (Å²) in [5.74, 6) is 1.26. The molecule has 0 aliphatic heterocycles. The van der Waals surface area contributed by atoms with E-state index in [0.29, 0.717) is 18.0 Å². The Morgan fingerprint density at radius 2 is 1.89 bits per heavy atom. The van der Waals surface area contributed by atoms with Crippen LogP contribution in [0.5, 0.6) is 0 Å². The molecule has 5 nitrogen and oxygen atoms in total. The third-order valence-electron chi connectivity index (χ3n) is 7.16. The fourth-order valence-corrected chi connectivity index (χ4v) is 5.36. The molecule has 36 heavy (non-hydrogen) atoms. The molecule has 1 unspecified atom stereocenters. The highest BCUT2D eigenvalue weighted by Crippen LogP contribution is 2.41. The van der Waals surface area contributed by atoms with E-state index in [1.54, 1.807) is 6.20 Å². The second kappa shape index (κ2) is 9.56. The SMILES string of the molecule is CCc1ccnc(CC2CCc3c(cc(Cn4ccnc4C)cc3-c3cn(C)nc3C(F)(F)F)C2)c1. The zero-order chi connectivity index (χ0) is 25.4. The minimum Gasteiger partial charge on any atom is -0.331 e. The summed E-state index contributed by atoms with van der Waals surface area (Å²) in [7, 11) is 1.54. The summed E-state index contributed by atoms with van der Waals surface area (Å²) < 4.78 is 45.0. The van der Waals surface area contributed by atoms with E-state index in [0.717, 1.165) is 60.3 Å². The van der Waals surface area contributed by atoms with Gasteiger partial charge in [0.05, 0.1) is 0 Å². The van der Waals surface area contributed by atoms with Crippen molar-refractivity contribution in [3.63, 3.8) is 0 Å². The number of pyridine rings is 1. The molecule has 5 rings (SSSR count). The second-order valence-electron chi connectivity index (χ2n) is 9.77. The lowest BCUT2D eigenvalue weighted by Crippen LogP contribution is -2.19. The number of alkyl halides is 3. The van der Waals surface area contributed by atoms with Gasteiger partial charge < -0.3 is 4.57 Å². The Bertz CT molecular complexity index is 1380. The number of nitrogens with zero attached hydrogens (tertiary/aromatic N) is 5. The van der Waals surface area contributed by atoms with Gasteiger partial charge in [0.2, 0.25) is 0 Å². The summed E-state index contributed by atoms with van der Waals surface area (Å²) in [6.07, 6.45) is 6.79. The topological polar surface area (TPSA) is 48.5 Å². The number of rotatable bonds is 6. The molecular formula is C28H30F3N5. The molecule has 0 fully saturated rings. The van der Waals surface area contributed by atoms with Crippen LogP contribution in [0.3, 0.4) is 0 Å². The largest absolute Gasteiger partial charge is 0.435 e. The second-order valence-corrected chi connectivity index (χ2v) is 9.77. The highest BCUT2D eigenvalue weighted by atomic mass is 19.4. The zero-order valence-electron chi connectivity index (χ0n) is 20.8. The lowest BCUT2D eigenvalue weighted by atomic mass is 9.78. The first-order valence-electron chi connectivity index (χ1n) is 12.4. The van der Waals surface area contributed by atoms with E-state index in [1.807, 2.05) is 36.0 Å². The van der Waals surface area contributed by atoms with Gasteiger partial charge in [-0.05, 0) is 91.0 Å². The van der Waals surface area contributed by atoms with E-state index in [1.165, 1.54) is 23.5 Å². The molecule has 4 aromatic rings. The fourth-order valence-electron chi connectivity index (χ4n) is 5.36. The summed E-state index contributed by atoms with van der Waals surface area (Å²) in [5.41, 5.74) is 5.42. The van der Waals surface area contributed by atoms with Gasteiger partial charge in [-0.15, -0.1) is 0 Å². The maximum atomic E-state index is 13.9. The van der Waals surface area contributed by atoms with Crippen LogP contribution >= 0.6 is 0 Å². The fraction of sp³-hybridized carbons (Fsp3) is 0.393. The lowest BCUT2D eigenvalue weighted by Gasteiger charge is -2.28. The van der Waals surface area contributed by atoms with Gasteiger partial charge in [-0.25, -0.2) is 4.98 Å². The molecule has 1 aromatic carbocycles. The van der Waals surface area contributed by atoms with Crippen LogP contribution in [0.4, 0.5) is 13.2 Å². The number of benzene rings is 1. The summed E-state index contributed by atoms with van der Waals surface area (Å²) >= 11 is 0. The number of fused-ring (bicyclic) bond motifs is 1. The molecule has 1 atom stereocenters. The summed E-state index contributed by atoms with van der Waals surface area (Å²) in [4.78, 5) is 8.87. The number of imidazole rings is 1. The Morgan fingerprint density at radius 1 is 1.06 bits per heavy atom. The molecule has 0 N–H and O–H groups in total. The van der Waals surface area contributed by atoms with Crippen LogP contribution in [-0.4, -0.2) is 24.3 Å². The van der Waals surface area contributed by atoms with E-state index in [9.17, 15) is 13.2 Å². The number of hydrogen-bond acceptors (Lipinski definition) is 3. The molecule has 1 aliphatic rings. The molecule has 0 saturated carbocycles. The van der Waals surface area contributed by atoms with Gasteiger partial charge in [0.1, 0.15) is 5.82 Å². The Balaban J connectivity index is 1.55. The molecule has 1 aliphatic carbocycles. The quantitative estimate of drug-likeness (QED) is 0.333. The van der Waals surface area contributed by atoms with Crippen LogP contribution in [0.2, 0.25) is 0 Å². The smallest absolute Gasteiger partial charge is 0.331 e. The first kappa shape index (κ1) is 24.3. The predicted octanol–water partition coefficient (Wildman–Crippen LogP) is 5.96. The monoisotopic (exact) mass is 493 g/mol. The van der Waals surface area contributed by atoms with Crippen molar-refractivity contribution in [2.75, 3.05) is 0 Å². The number of aromatic nitrogens is 5. The van der Waals surface area contributed by atoms with Gasteiger partial charge in [-0.2, -0.15) is 18.3 Å². The van der Waals surface area contributed by atoms with E-state index >= 15 is 0 Å². The molecule has 0 spiro atoms. The summed E-state index contributed by atoms with van der Waals surface area (Å²) in [5, 5.41) is 3.78. The minimum absolute atomic E-state index is 0.154. The zero-order valence-corrected chi connectivity index (χ0v) is 20.8. The minimum atomic E-state index is -4.52. The van der Waals surface area contributed by atoms with Crippen LogP contribution in [0.25, 0.3) is 11.1 Å². The number of hydrogen-bond donors (Lipinski definition) is 0. The van der Waals surface area contributed by atoms with Crippen LogP contribution in [0.1, 0.15) is 52.8 Å². The van der Waals surface area contributed by atoms with Crippen LogP contribution in [0.15, 0.2) is 49.1 Å². The average Bonchev–Trinajstić information content (AvgIpc) is 3.43. The molecule has 0 bridgehead atoms. The van der Waals surface area contributed by atoms with E-state index < -0.39 is 11.9 Å². The Labute approximate surface area is 209 Å². The van der Waals surface area contributed by atoms with Gasteiger partial charge >= 0.3 is 6.18 Å². The van der Waals surface area contributed by atoms with Gasteiger partial charge in [0, 0.05) is 49.6 Å². The van der Waals surface area contributed by atoms with Crippen molar-refractivity contribution in [2.24, 2.45) is 13.0 Å². The van der Waals surface area contributed by atoms with Gasteiger partial charge in [0.25, 0.3) is 0 Å². The Kier molecular flexibility index (Phi) is 6.45. The van der Waals surface area contributed by atoms with Crippen LogP contribution in [-0.2, 0) is 45.5 Å². The molecule has 3 heterocycles. The van der Waals surface area contributed by atoms with E-state index in [-0.39, 0.29) is 5.56 Å². The van der Waals surface area contributed by atoms with Crippen LogP contribution < -0.4 is 0 Å². The first-order valence-corrected chi connectivity index (χ1v) is 12.4. The maximum absolute atomic E-state index is 13.9. The van der Waals surface area contributed by atoms with Crippen LogP contribution in [0, 0.1) is 12.8 Å². The predicted molar refractivity (Wildman–Crippen MR) is 133 cm³/mol. The number of aryl methyl sites for hydroxylation is 3. The molecule has 0 saturated heterocycles. The van der Waals surface area contributed by atoms with E-state index in [4.69, 9.17) is 0 Å². The molecular weight excluding hydrogens is 463 g/mol. The van der Waals surface area contributed by atoms with Crippen molar-refractivity contribution < 1.29 is 13.2 Å². The highest BCUT2D eigenvalue weighted by Gasteiger charge is 2.38. The first-order chi connectivity index (χ1) is 17.2. The standard InChI is InChI=1S/C28H30F3N5/c1-4-19-7-8-33-23(13-19)14-20-5-6-24-22(11-20)12-21(16-36-10-9-32-18(36)2)15-25(24)26-17-35(3)34-27(26)28(29,30)31/h7-10,12-13,15,17,20H,4-6,11,14,16H2,1-3H3. The Hall–Kier alpha value is -3.42. The van der Waals surface area contributed by atoms with Crippen molar-refractivity contribution in [2.45, 2.75) is 58.7 Å². The van der Waals surface area contributed by atoms with Gasteiger partial charge in [0.15, 0.2) is 5.69 Å². The Morgan fingerprint density at radius 3 is 2.61 bits per heavy atom. The van der Waals surface area contributed by atoms with Crippen molar-refractivity contribution in [1.29, 1.82) is 0 Å².